The highest BCUT2D eigenvalue weighted by molar-refractivity contribution is 5.67. The van der Waals surface area contributed by atoms with Gasteiger partial charge in [-0.2, -0.15) is 0 Å². The Morgan fingerprint density at radius 3 is 2.62 bits per heavy atom. The molecule has 1 fully saturated rings. The van der Waals surface area contributed by atoms with E-state index in [0.717, 1.165) is 12.3 Å². The Kier molecular flexibility index (Phi) is 3.72. The van der Waals surface area contributed by atoms with Gasteiger partial charge in [-0.1, -0.05) is 26.2 Å². The number of hydrogen-bond acceptors (Lipinski definition) is 2. The molecule has 0 amide bonds. The minimum absolute atomic E-state index is 0.105. The Hall–Kier alpha value is -0.570. The number of rotatable bonds is 5. The maximum atomic E-state index is 10.4. The zero-order valence-corrected chi connectivity index (χ0v) is 8.20. The van der Waals surface area contributed by atoms with Crippen molar-refractivity contribution in [1.82, 2.24) is 0 Å². The van der Waals surface area contributed by atoms with Crippen molar-refractivity contribution >= 4 is 5.97 Å². The monoisotopic (exact) mass is 185 g/mol. The molecule has 0 bridgehead atoms. The number of aliphatic carboxylic acids is 1. The topological polar surface area (TPSA) is 63.3 Å². The minimum atomic E-state index is -0.784. The molecule has 3 heteroatoms. The van der Waals surface area contributed by atoms with Gasteiger partial charge in [-0.3, -0.25) is 4.79 Å². The van der Waals surface area contributed by atoms with Crippen LogP contribution in [0.5, 0.6) is 0 Å². The van der Waals surface area contributed by atoms with E-state index in [9.17, 15) is 4.79 Å². The van der Waals surface area contributed by atoms with E-state index < -0.39 is 5.97 Å². The normalized spacial score (nSPS) is 22.0. The maximum Gasteiger partial charge on any atom is 0.304 e. The quantitative estimate of drug-likeness (QED) is 0.684. The SMILES string of the molecule is CC(CC1CCC1)C(N)CC(=O)O. The van der Waals surface area contributed by atoms with Gasteiger partial charge in [-0.25, -0.2) is 0 Å². The summed E-state index contributed by atoms with van der Waals surface area (Å²) in [6, 6.07) is -0.168. The van der Waals surface area contributed by atoms with E-state index in [1.54, 1.807) is 0 Å². The lowest BCUT2D eigenvalue weighted by Crippen LogP contribution is -2.33. The average Bonchev–Trinajstić information content (AvgIpc) is 1.94. The second-order valence-electron chi connectivity index (χ2n) is 4.27. The summed E-state index contributed by atoms with van der Waals surface area (Å²) in [4.78, 5) is 10.4. The third-order valence-corrected chi connectivity index (χ3v) is 3.07. The number of carbonyl (C=O) groups is 1. The van der Waals surface area contributed by atoms with Gasteiger partial charge in [0.15, 0.2) is 0 Å². The summed E-state index contributed by atoms with van der Waals surface area (Å²) in [5.74, 6) is 0.379. The van der Waals surface area contributed by atoms with E-state index >= 15 is 0 Å². The number of carboxylic acids is 1. The van der Waals surface area contributed by atoms with E-state index in [4.69, 9.17) is 10.8 Å². The number of carboxylic acid groups (broad SMARTS) is 1. The van der Waals surface area contributed by atoms with Crippen molar-refractivity contribution in [2.45, 2.75) is 45.1 Å². The fourth-order valence-corrected chi connectivity index (χ4v) is 1.83. The van der Waals surface area contributed by atoms with Gasteiger partial charge in [0.1, 0.15) is 0 Å². The highest BCUT2D eigenvalue weighted by Gasteiger charge is 2.23. The molecule has 0 aromatic rings. The van der Waals surface area contributed by atoms with Crippen molar-refractivity contribution in [3.05, 3.63) is 0 Å². The predicted molar refractivity (Wildman–Crippen MR) is 51.4 cm³/mol. The summed E-state index contributed by atoms with van der Waals surface area (Å²) in [6.07, 6.45) is 5.17. The molecule has 1 aliphatic rings. The molecule has 0 heterocycles. The molecule has 0 spiro atoms. The van der Waals surface area contributed by atoms with Crippen LogP contribution in [0.15, 0.2) is 0 Å². The van der Waals surface area contributed by atoms with Crippen molar-refractivity contribution < 1.29 is 9.90 Å². The average molecular weight is 185 g/mol. The smallest absolute Gasteiger partial charge is 0.304 e. The summed E-state index contributed by atoms with van der Waals surface area (Å²) in [7, 11) is 0. The van der Waals surface area contributed by atoms with Crippen molar-refractivity contribution in [1.29, 1.82) is 0 Å². The first-order valence-corrected chi connectivity index (χ1v) is 5.07. The van der Waals surface area contributed by atoms with Crippen LogP contribution in [0.25, 0.3) is 0 Å². The summed E-state index contributed by atoms with van der Waals surface area (Å²) < 4.78 is 0. The van der Waals surface area contributed by atoms with Crippen LogP contribution in [0.2, 0.25) is 0 Å². The summed E-state index contributed by atoms with van der Waals surface area (Å²) in [6.45, 7) is 2.06. The lowest BCUT2D eigenvalue weighted by Gasteiger charge is -2.30. The zero-order valence-electron chi connectivity index (χ0n) is 8.20. The molecule has 1 rings (SSSR count). The molecule has 0 aliphatic heterocycles. The van der Waals surface area contributed by atoms with Crippen molar-refractivity contribution in [2.24, 2.45) is 17.6 Å². The zero-order chi connectivity index (χ0) is 9.84. The third-order valence-electron chi connectivity index (χ3n) is 3.07. The summed E-state index contributed by atoms with van der Waals surface area (Å²) in [5.41, 5.74) is 5.76. The Labute approximate surface area is 79.3 Å². The highest BCUT2D eigenvalue weighted by atomic mass is 16.4. The first-order chi connectivity index (χ1) is 6.09. The second-order valence-corrected chi connectivity index (χ2v) is 4.27. The Balaban J connectivity index is 2.20. The number of nitrogens with two attached hydrogens (primary N) is 1. The van der Waals surface area contributed by atoms with Crippen LogP contribution in [0, 0.1) is 11.8 Å². The van der Waals surface area contributed by atoms with Gasteiger partial charge in [-0.15, -0.1) is 0 Å². The molecule has 3 N–H and O–H groups in total. The van der Waals surface area contributed by atoms with E-state index in [1.165, 1.54) is 19.3 Å². The Morgan fingerprint density at radius 2 is 2.23 bits per heavy atom. The van der Waals surface area contributed by atoms with Gasteiger partial charge in [0.05, 0.1) is 6.42 Å². The van der Waals surface area contributed by atoms with Crippen LogP contribution in [0.3, 0.4) is 0 Å². The van der Waals surface area contributed by atoms with Crippen molar-refractivity contribution in [3.8, 4) is 0 Å². The molecule has 3 nitrogen and oxygen atoms in total. The van der Waals surface area contributed by atoms with Gasteiger partial charge in [0, 0.05) is 6.04 Å². The Bertz CT molecular complexity index is 178. The Morgan fingerprint density at radius 1 is 1.62 bits per heavy atom. The molecule has 0 radical (unpaired) electrons. The van der Waals surface area contributed by atoms with Crippen LogP contribution >= 0.6 is 0 Å². The van der Waals surface area contributed by atoms with Crippen LogP contribution in [-0.2, 0) is 4.79 Å². The first kappa shape index (κ1) is 10.5. The molecule has 0 aromatic carbocycles. The molecule has 0 saturated heterocycles. The van der Waals surface area contributed by atoms with Crippen LogP contribution in [-0.4, -0.2) is 17.1 Å². The fourth-order valence-electron chi connectivity index (χ4n) is 1.83. The van der Waals surface area contributed by atoms with Crippen LogP contribution in [0.1, 0.15) is 39.0 Å². The lowest BCUT2D eigenvalue weighted by atomic mass is 9.77. The van der Waals surface area contributed by atoms with Gasteiger partial charge in [0.25, 0.3) is 0 Å². The molecular formula is C10H19NO2. The van der Waals surface area contributed by atoms with Gasteiger partial charge in [0.2, 0.25) is 0 Å². The highest BCUT2D eigenvalue weighted by Crippen LogP contribution is 2.33. The predicted octanol–water partition coefficient (Wildman–Crippen LogP) is 1.61. The van der Waals surface area contributed by atoms with Gasteiger partial charge < -0.3 is 10.8 Å². The molecule has 2 atom stereocenters. The van der Waals surface area contributed by atoms with E-state index in [1.807, 2.05) is 0 Å². The van der Waals surface area contributed by atoms with Gasteiger partial charge >= 0.3 is 5.97 Å². The van der Waals surface area contributed by atoms with Crippen LogP contribution < -0.4 is 5.73 Å². The molecular weight excluding hydrogens is 166 g/mol. The largest absolute Gasteiger partial charge is 0.481 e. The number of hydrogen-bond donors (Lipinski definition) is 2. The lowest BCUT2D eigenvalue weighted by molar-refractivity contribution is -0.137. The minimum Gasteiger partial charge on any atom is -0.481 e. The second kappa shape index (κ2) is 4.61. The van der Waals surface area contributed by atoms with Crippen LogP contribution in [0.4, 0.5) is 0 Å². The van der Waals surface area contributed by atoms with E-state index in [2.05, 4.69) is 6.92 Å². The molecule has 1 aliphatic carbocycles. The molecule has 1 saturated carbocycles. The van der Waals surface area contributed by atoms with E-state index in [0.29, 0.717) is 5.92 Å². The standard InChI is InChI=1S/C10H19NO2/c1-7(5-8-3-2-4-8)9(11)6-10(12)13/h7-9H,2-6,11H2,1H3,(H,12,13). The molecule has 0 aromatic heterocycles. The van der Waals surface area contributed by atoms with Crippen molar-refractivity contribution in [3.63, 3.8) is 0 Å². The molecule has 2 unspecified atom stereocenters. The summed E-state index contributed by atoms with van der Waals surface area (Å²) in [5, 5.41) is 8.56. The van der Waals surface area contributed by atoms with Gasteiger partial charge in [-0.05, 0) is 18.3 Å². The third kappa shape index (κ3) is 3.35. The molecule has 13 heavy (non-hydrogen) atoms. The van der Waals surface area contributed by atoms with Crippen molar-refractivity contribution in [2.75, 3.05) is 0 Å². The fraction of sp³-hybridized carbons (Fsp3) is 0.900. The molecule has 76 valence electrons. The first-order valence-electron chi connectivity index (χ1n) is 5.07. The van der Waals surface area contributed by atoms with E-state index in [-0.39, 0.29) is 12.5 Å². The maximum absolute atomic E-state index is 10.4. The summed E-state index contributed by atoms with van der Waals surface area (Å²) >= 11 is 0.